The van der Waals surface area contributed by atoms with Crippen molar-refractivity contribution in [3.63, 3.8) is 0 Å². The first-order chi connectivity index (χ1) is 4.84. The maximum absolute atomic E-state index is 10.9. The minimum atomic E-state index is -0.0972. The molecule has 1 aliphatic rings. The summed E-state index contributed by atoms with van der Waals surface area (Å²) in [5.41, 5.74) is 0. The van der Waals surface area contributed by atoms with Crippen LogP contribution in [0.1, 0.15) is 6.42 Å². The second kappa shape index (κ2) is 3.86. The van der Waals surface area contributed by atoms with Crippen molar-refractivity contribution < 1.29 is 4.79 Å². The van der Waals surface area contributed by atoms with Gasteiger partial charge in [-0.1, -0.05) is 0 Å². The van der Waals surface area contributed by atoms with Crippen LogP contribution in [0, 0.1) is 5.92 Å². The fraction of sp³-hybridized carbons (Fsp3) is 0.667. The van der Waals surface area contributed by atoms with E-state index in [1.807, 2.05) is 0 Å². The Labute approximate surface area is 69.1 Å². The van der Waals surface area contributed by atoms with E-state index in [2.05, 4.69) is 22.4 Å². The number of amides is 1. The highest BCUT2D eigenvalue weighted by Gasteiger charge is 2.22. The topological polar surface area (TPSA) is 29.4 Å². The summed E-state index contributed by atoms with van der Waals surface area (Å²) in [7, 11) is 0. The van der Waals surface area contributed by atoms with Crippen molar-refractivity contribution in [2.75, 3.05) is 11.5 Å². The van der Waals surface area contributed by atoms with Gasteiger partial charge in [-0.05, 0) is 24.4 Å². The van der Waals surface area contributed by atoms with Gasteiger partial charge in [0.15, 0.2) is 0 Å². The van der Waals surface area contributed by atoms with Gasteiger partial charge in [-0.25, -0.2) is 0 Å². The standard InChI is InChI=1S/C6H7NOS2/c8-6(7-4-9)5-1-2-10-3-5/h5H,1-3H2. The zero-order chi connectivity index (χ0) is 7.40. The maximum Gasteiger partial charge on any atom is 0.258 e. The number of thiocarbonyl (C=S) groups is 1. The molecule has 0 spiro atoms. The number of carbonyl (C=O) groups is 1. The Bertz CT molecular complexity index is 180. The lowest BCUT2D eigenvalue weighted by Crippen LogP contribution is -2.09. The highest BCUT2D eigenvalue weighted by Crippen LogP contribution is 2.23. The van der Waals surface area contributed by atoms with Crippen molar-refractivity contribution >= 4 is 35.0 Å². The van der Waals surface area contributed by atoms with Crippen LogP contribution in [0.3, 0.4) is 0 Å². The smallest absolute Gasteiger partial charge is 0.258 e. The Hall–Kier alpha value is -0.180. The predicted octanol–water partition coefficient (Wildman–Crippen LogP) is 1.37. The Morgan fingerprint density at radius 2 is 2.60 bits per heavy atom. The summed E-state index contributed by atoms with van der Waals surface area (Å²) in [4.78, 5) is 14.4. The van der Waals surface area contributed by atoms with Crippen LogP contribution in [0.5, 0.6) is 0 Å². The molecule has 0 saturated carbocycles. The van der Waals surface area contributed by atoms with Gasteiger partial charge in [0.2, 0.25) is 0 Å². The minimum absolute atomic E-state index is 0.0972. The predicted molar refractivity (Wildman–Crippen MR) is 45.5 cm³/mol. The van der Waals surface area contributed by atoms with Crippen molar-refractivity contribution in [3.05, 3.63) is 0 Å². The third-order valence-corrected chi connectivity index (χ3v) is 2.69. The largest absolute Gasteiger partial charge is 0.272 e. The molecule has 1 aliphatic heterocycles. The normalized spacial score (nSPS) is 23.8. The molecule has 0 aromatic rings. The molecule has 0 aromatic heterocycles. The van der Waals surface area contributed by atoms with Gasteiger partial charge in [-0.2, -0.15) is 16.8 Å². The van der Waals surface area contributed by atoms with Gasteiger partial charge in [0, 0.05) is 5.75 Å². The molecule has 1 fully saturated rings. The number of hydrogen-bond donors (Lipinski definition) is 0. The van der Waals surface area contributed by atoms with Crippen LogP contribution in [0.25, 0.3) is 0 Å². The molecule has 1 saturated heterocycles. The third-order valence-electron chi connectivity index (χ3n) is 1.43. The number of nitrogens with zero attached hydrogens (tertiary/aromatic N) is 1. The van der Waals surface area contributed by atoms with Crippen molar-refractivity contribution in [2.24, 2.45) is 10.9 Å². The molecule has 0 aromatic carbocycles. The summed E-state index contributed by atoms with van der Waals surface area (Å²) in [5.74, 6) is 1.99. The van der Waals surface area contributed by atoms with E-state index < -0.39 is 0 Å². The molecule has 0 aliphatic carbocycles. The lowest BCUT2D eigenvalue weighted by molar-refractivity contribution is -0.120. The SMILES string of the molecule is O=C(N=C=S)C1CCSC1. The van der Waals surface area contributed by atoms with Gasteiger partial charge >= 0.3 is 0 Å². The van der Waals surface area contributed by atoms with Gasteiger partial charge < -0.3 is 0 Å². The Balaban J connectivity index is 2.47. The molecule has 1 amide bonds. The molecule has 0 N–H and O–H groups in total. The van der Waals surface area contributed by atoms with Gasteiger partial charge in [0.25, 0.3) is 5.91 Å². The summed E-state index contributed by atoms with van der Waals surface area (Å²) in [6.07, 6.45) is 0.948. The molecule has 1 atom stereocenters. The van der Waals surface area contributed by atoms with E-state index in [0.29, 0.717) is 0 Å². The number of aliphatic imine (C=N–C) groups is 1. The second-order valence-electron chi connectivity index (χ2n) is 2.10. The van der Waals surface area contributed by atoms with Gasteiger partial charge in [-0.15, -0.1) is 0 Å². The lowest BCUT2D eigenvalue weighted by atomic mass is 10.1. The van der Waals surface area contributed by atoms with Crippen LogP contribution in [-0.2, 0) is 4.79 Å². The van der Waals surface area contributed by atoms with Crippen LogP contribution < -0.4 is 0 Å². The highest BCUT2D eigenvalue weighted by atomic mass is 32.2. The number of thioether (sulfide) groups is 1. The number of rotatable bonds is 1. The molecule has 1 unspecified atom stereocenters. The fourth-order valence-corrected chi connectivity index (χ4v) is 2.17. The summed E-state index contributed by atoms with van der Waals surface area (Å²) in [5, 5.41) is 2.09. The molecular formula is C6H7NOS2. The average molecular weight is 173 g/mol. The van der Waals surface area contributed by atoms with E-state index in [4.69, 9.17) is 0 Å². The number of hydrogen-bond acceptors (Lipinski definition) is 3. The van der Waals surface area contributed by atoms with Crippen LogP contribution in [0.2, 0.25) is 0 Å². The molecule has 2 nitrogen and oxygen atoms in total. The number of carbonyl (C=O) groups excluding carboxylic acids is 1. The van der Waals surface area contributed by atoms with Crippen LogP contribution in [-0.4, -0.2) is 22.6 Å². The van der Waals surface area contributed by atoms with Crippen molar-refractivity contribution in [1.82, 2.24) is 0 Å². The van der Waals surface area contributed by atoms with Crippen molar-refractivity contribution in [2.45, 2.75) is 6.42 Å². The van der Waals surface area contributed by atoms with Crippen LogP contribution in [0.4, 0.5) is 0 Å². The van der Waals surface area contributed by atoms with E-state index >= 15 is 0 Å². The zero-order valence-electron chi connectivity index (χ0n) is 5.37. The van der Waals surface area contributed by atoms with E-state index in [1.165, 1.54) is 0 Å². The first-order valence-electron chi connectivity index (χ1n) is 3.04. The molecule has 1 heterocycles. The fourth-order valence-electron chi connectivity index (χ4n) is 0.866. The monoisotopic (exact) mass is 173 g/mol. The molecule has 1 rings (SSSR count). The average Bonchev–Trinajstić information content (AvgIpc) is 2.38. The molecule has 10 heavy (non-hydrogen) atoms. The van der Waals surface area contributed by atoms with Crippen LogP contribution in [0.15, 0.2) is 4.99 Å². The molecule has 4 heteroatoms. The first-order valence-corrected chi connectivity index (χ1v) is 4.60. The lowest BCUT2D eigenvalue weighted by Gasteiger charge is -1.97. The van der Waals surface area contributed by atoms with Gasteiger partial charge in [-0.3, -0.25) is 4.79 Å². The number of isothiocyanates is 1. The maximum atomic E-state index is 10.9. The summed E-state index contributed by atoms with van der Waals surface area (Å²) >= 11 is 6.11. The molecule has 0 bridgehead atoms. The Morgan fingerprint density at radius 1 is 1.80 bits per heavy atom. The third kappa shape index (κ3) is 1.90. The van der Waals surface area contributed by atoms with E-state index in [-0.39, 0.29) is 11.8 Å². The van der Waals surface area contributed by atoms with Gasteiger partial charge in [0.1, 0.15) is 0 Å². The Kier molecular flexibility index (Phi) is 3.06. The summed E-state index contributed by atoms with van der Waals surface area (Å²) in [6, 6.07) is 0. The first kappa shape index (κ1) is 7.92. The van der Waals surface area contributed by atoms with E-state index in [9.17, 15) is 4.79 Å². The van der Waals surface area contributed by atoms with Crippen molar-refractivity contribution in [3.8, 4) is 0 Å². The molecule has 54 valence electrons. The zero-order valence-corrected chi connectivity index (χ0v) is 7.00. The highest BCUT2D eigenvalue weighted by molar-refractivity contribution is 7.99. The van der Waals surface area contributed by atoms with E-state index in [0.717, 1.165) is 17.9 Å². The van der Waals surface area contributed by atoms with Gasteiger partial charge in [0.05, 0.1) is 11.1 Å². The summed E-state index contributed by atoms with van der Waals surface area (Å²) < 4.78 is 0. The van der Waals surface area contributed by atoms with Crippen molar-refractivity contribution in [1.29, 1.82) is 0 Å². The second-order valence-corrected chi connectivity index (χ2v) is 3.43. The Morgan fingerprint density at radius 3 is 3.10 bits per heavy atom. The van der Waals surface area contributed by atoms with Crippen LogP contribution >= 0.6 is 24.0 Å². The van der Waals surface area contributed by atoms with E-state index in [1.54, 1.807) is 11.8 Å². The molecule has 0 radical (unpaired) electrons. The minimum Gasteiger partial charge on any atom is -0.272 e. The molecular weight excluding hydrogens is 166 g/mol. The quantitative estimate of drug-likeness (QED) is 0.443. The summed E-state index contributed by atoms with van der Waals surface area (Å²) in [6.45, 7) is 0.